The van der Waals surface area contributed by atoms with Crippen LogP contribution in [0.1, 0.15) is 59.3 Å². The van der Waals surface area contributed by atoms with Gasteiger partial charge >= 0.3 is 0 Å². The largest absolute Gasteiger partial charge is 0.396 e. The molecule has 0 amide bonds. The van der Waals surface area contributed by atoms with Gasteiger partial charge in [-0.2, -0.15) is 0 Å². The van der Waals surface area contributed by atoms with Crippen LogP contribution in [0.15, 0.2) is 4.99 Å². The number of aliphatic hydroxyl groups is 1. The maximum absolute atomic E-state index is 9.36. The average molecular weight is 354 g/mol. The molecule has 1 atom stereocenters. The smallest absolute Gasteiger partial charge is 0.191 e. The van der Waals surface area contributed by atoms with Crippen molar-refractivity contribution in [1.29, 1.82) is 0 Å². The van der Waals surface area contributed by atoms with Crippen LogP contribution in [0.2, 0.25) is 0 Å². The maximum atomic E-state index is 9.36. The minimum absolute atomic E-state index is 0.0203. The quantitative estimate of drug-likeness (QED) is 0.464. The minimum Gasteiger partial charge on any atom is -0.396 e. The van der Waals surface area contributed by atoms with E-state index in [4.69, 9.17) is 9.73 Å². The Morgan fingerprint density at radius 3 is 2.56 bits per heavy atom. The van der Waals surface area contributed by atoms with Gasteiger partial charge in [0.15, 0.2) is 5.96 Å². The normalized spacial score (nSPS) is 30.7. The molecule has 2 fully saturated rings. The van der Waals surface area contributed by atoms with Crippen LogP contribution in [-0.4, -0.2) is 50.5 Å². The third-order valence-electron chi connectivity index (χ3n) is 6.14. The van der Waals surface area contributed by atoms with Gasteiger partial charge in [-0.1, -0.05) is 13.8 Å². The van der Waals surface area contributed by atoms with Crippen molar-refractivity contribution in [3.8, 4) is 0 Å². The van der Waals surface area contributed by atoms with Crippen molar-refractivity contribution in [3.63, 3.8) is 0 Å². The van der Waals surface area contributed by atoms with Gasteiger partial charge in [0.1, 0.15) is 0 Å². The molecular weight excluding hydrogens is 314 g/mol. The number of hydrogen-bond acceptors (Lipinski definition) is 3. The van der Waals surface area contributed by atoms with Gasteiger partial charge in [0.25, 0.3) is 0 Å². The predicted octanol–water partition coefficient (Wildman–Crippen LogP) is 2.79. The Morgan fingerprint density at radius 2 is 2.00 bits per heavy atom. The summed E-state index contributed by atoms with van der Waals surface area (Å²) < 4.78 is 5.57. The molecule has 1 aliphatic heterocycles. The van der Waals surface area contributed by atoms with Crippen molar-refractivity contribution in [2.24, 2.45) is 28.2 Å². The fraction of sp³-hybridized carbons (Fsp3) is 0.950. The van der Waals surface area contributed by atoms with Gasteiger partial charge in [-0.05, 0) is 63.2 Å². The van der Waals surface area contributed by atoms with E-state index >= 15 is 0 Å². The summed E-state index contributed by atoms with van der Waals surface area (Å²) in [5.74, 6) is 3.42. The van der Waals surface area contributed by atoms with Crippen LogP contribution in [0, 0.1) is 23.2 Å². The molecule has 2 rings (SSSR count). The van der Waals surface area contributed by atoms with Gasteiger partial charge in [0.05, 0.1) is 13.2 Å². The van der Waals surface area contributed by atoms with Gasteiger partial charge in [-0.3, -0.25) is 4.99 Å². The molecule has 0 aromatic heterocycles. The Balaban J connectivity index is 1.81. The summed E-state index contributed by atoms with van der Waals surface area (Å²) in [7, 11) is 0. The molecule has 25 heavy (non-hydrogen) atoms. The van der Waals surface area contributed by atoms with Crippen molar-refractivity contribution >= 4 is 5.96 Å². The summed E-state index contributed by atoms with van der Waals surface area (Å²) in [6.07, 6.45) is 7.17. The second-order valence-corrected chi connectivity index (χ2v) is 8.38. The average Bonchev–Trinajstić information content (AvgIpc) is 3.07. The van der Waals surface area contributed by atoms with E-state index in [1.165, 1.54) is 25.7 Å². The lowest BCUT2D eigenvalue weighted by Gasteiger charge is -2.31. The minimum atomic E-state index is 0.0203. The van der Waals surface area contributed by atoms with Crippen molar-refractivity contribution < 1.29 is 9.84 Å². The fourth-order valence-electron chi connectivity index (χ4n) is 4.18. The van der Waals surface area contributed by atoms with E-state index in [0.717, 1.165) is 69.4 Å². The highest BCUT2D eigenvalue weighted by molar-refractivity contribution is 5.79. The van der Waals surface area contributed by atoms with Crippen molar-refractivity contribution in [2.45, 2.75) is 59.3 Å². The highest BCUT2D eigenvalue weighted by atomic mass is 16.5. The van der Waals surface area contributed by atoms with Crippen molar-refractivity contribution in [3.05, 3.63) is 0 Å². The van der Waals surface area contributed by atoms with Crippen molar-refractivity contribution in [2.75, 3.05) is 39.5 Å². The topological polar surface area (TPSA) is 65.9 Å². The second-order valence-electron chi connectivity index (χ2n) is 8.38. The molecule has 0 aromatic rings. The number of aliphatic hydroxyl groups excluding tert-OH is 1. The zero-order chi connectivity index (χ0) is 18.1. The van der Waals surface area contributed by atoms with E-state index in [1.54, 1.807) is 0 Å². The zero-order valence-corrected chi connectivity index (χ0v) is 16.5. The first-order valence-electron chi connectivity index (χ1n) is 10.3. The number of hydrogen-bond donors (Lipinski definition) is 3. The first-order chi connectivity index (χ1) is 12.1. The molecule has 1 saturated carbocycles. The van der Waals surface area contributed by atoms with E-state index in [1.807, 2.05) is 0 Å². The summed E-state index contributed by atoms with van der Waals surface area (Å²) in [5, 5.41) is 16.3. The fourth-order valence-corrected chi connectivity index (χ4v) is 4.18. The van der Waals surface area contributed by atoms with E-state index in [0.29, 0.717) is 0 Å². The highest BCUT2D eigenvalue weighted by Crippen LogP contribution is 2.33. The Labute approximate surface area is 154 Å². The van der Waals surface area contributed by atoms with Crippen LogP contribution in [0.5, 0.6) is 0 Å². The van der Waals surface area contributed by atoms with Gasteiger partial charge in [-0.15, -0.1) is 0 Å². The van der Waals surface area contributed by atoms with Crippen LogP contribution >= 0.6 is 0 Å². The standard InChI is InChI=1S/C20H39N3O2/c1-4-21-19(23-14-20(9-11-24)10-12-25-15-20)22-13-17-5-7-18(8-6-17)16(2)3/h16-18,24H,4-15H2,1-3H3,(H2,21,22,23). The van der Waals surface area contributed by atoms with E-state index < -0.39 is 0 Å². The molecule has 146 valence electrons. The maximum Gasteiger partial charge on any atom is 0.191 e. The molecule has 2 aliphatic rings. The van der Waals surface area contributed by atoms with Crippen LogP contribution < -0.4 is 10.6 Å². The van der Waals surface area contributed by atoms with Gasteiger partial charge in [0, 0.05) is 31.7 Å². The van der Waals surface area contributed by atoms with Crippen LogP contribution in [-0.2, 0) is 4.74 Å². The SMILES string of the molecule is CCNC(=NCC1(CCO)CCOC1)NCC1CCC(C(C)C)CC1. The first-order valence-corrected chi connectivity index (χ1v) is 10.3. The molecule has 0 spiro atoms. The zero-order valence-electron chi connectivity index (χ0n) is 16.5. The summed E-state index contributed by atoms with van der Waals surface area (Å²) in [5.41, 5.74) is 0.0203. The van der Waals surface area contributed by atoms with Crippen LogP contribution in [0.4, 0.5) is 0 Å². The second kappa shape index (κ2) is 10.4. The first kappa shape index (κ1) is 20.5. The van der Waals surface area contributed by atoms with Crippen LogP contribution in [0.25, 0.3) is 0 Å². The Morgan fingerprint density at radius 1 is 1.24 bits per heavy atom. The molecule has 1 heterocycles. The number of aliphatic imine (C=N–C) groups is 1. The van der Waals surface area contributed by atoms with E-state index in [9.17, 15) is 5.11 Å². The molecule has 5 nitrogen and oxygen atoms in total. The third-order valence-corrected chi connectivity index (χ3v) is 6.14. The Hall–Kier alpha value is -0.810. The number of guanidine groups is 1. The molecule has 5 heteroatoms. The number of nitrogens with one attached hydrogen (secondary N) is 2. The molecule has 1 aliphatic carbocycles. The van der Waals surface area contributed by atoms with E-state index in [-0.39, 0.29) is 12.0 Å². The summed E-state index contributed by atoms with van der Waals surface area (Å²) >= 11 is 0. The molecule has 0 bridgehead atoms. The molecule has 3 N–H and O–H groups in total. The third kappa shape index (κ3) is 6.45. The highest BCUT2D eigenvalue weighted by Gasteiger charge is 2.34. The van der Waals surface area contributed by atoms with E-state index in [2.05, 4.69) is 31.4 Å². The lowest BCUT2D eigenvalue weighted by Crippen LogP contribution is -2.41. The Bertz CT molecular complexity index is 398. The molecular formula is C20H39N3O2. The lowest BCUT2D eigenvalue weighted by molar-refractivity contribution is 0.131. The van der Waals surface area contributed by atoms with Crippen molar-refractivity contribution in [1.82, 2.24) is 10.6 Å². The number of ether oxygens (including phenoxy) is 1. The summed E-state index contributed by atoms with van der Waals surface area (Å²) in [6.45, 7) is 11.1. The lowest BCUT2D eigenvalue weighted by atomic mass is 9.77. The number of nitrogens with zero attached hydrogens (tertiary/aromatic N) is 1. The Kier molecular flexibility index (Phi) is 8.50. The summed E-state index contributed by atoms with van der Waals surface area (Å²) in [4.78, 5) is 4.82. The molecule has 1 unspecified atom stereocenters. The number of rotatable bonds is 8. The van der Waals surface area contributed by atoms with Crippen LogP contribution in [0.3, 0.4) is 0 Å². The molecule has 0 radical (unpaired) electrons. The summed E-state index contributed by atoms with van der Waals surface area (Å²) in [6, 6.07) is 0. The monoisotopic (exact) mass is 353 g/mol. The van der Waals surface area contributed by atoms with Gasteiger partial charge < -0.3 is 20.5 Å². The van der Waals surface area contributed by atoms with Gasteiger partial charge in [-0.25, -0.2) is 0 Å². The molecule has 0 aromatic carbocycles. The predicted molar refractivity (Wildman–Crippen MR) is 104 cm³/mol. The molecule has 1 saturated heterocycles. The van der Waals surface area contributed by atoms with Gasteiger partial charge in [0.2, 0.25) is 0 Å².